The molecule has 0 aromatic heterocycles. The van der Waals surface area contributed by atoms with Crippen LogP contribution in [0.25, 0.3) is 0 Å². The number of para-hydroxylation sites is 1. The quantitative estimate of drug-likeness (QED) is 0.821. The van der Waals surface area contributed by atoms with Crippen LogP contribution in [-0.2, 0) is 4.79 Å². The summed E-state index contributed by atoms with van der Waals surface area (Å²) in [6, 6.07) is 16.5. The number of carbonyl (C=O) groups is 2. The molecule has 0 spiro atoms. The molecule has 0 bridgehead atoms. The Kier molecular flexibility index (Phi) is 6.37. The van der Waals surface area contributed by atoms with Gasteiger partial charge in [0.2, 0.25) is 5.91 Å². The summed E-state index contributed by atoms with van der Waals surface area (Å²) in [6.07, 6.45) is 0. The molecular weight excluding hydrogens is 302 g/mol. The van der Waals surface area contributed by atoms with Crippen LogP contribution >= 0.6 is 0 Å². The second-order valence-electron chi connectivity index (χ2n) is 5.33. The molecule has 0 heterocycles. The number of amides is 2. The number of hydrogen-bond acceptors (Lipinski definition) is 3. The molecule has 0 aliphatic heterocycles. The van der Waals surface area contributed by atoms with E-state index in [0.717, 1.165) is 11.4 Å². The molecule has 2 aromatic carbocycles. The van der Waals surface area contributed by atoms with Gasteiger partial charge < -0.3 is 15.5 Å². The van der Waals surface area contributed by atoms with E-state index in [1.807, 2.05) is 56.3 Å². The highest BCUT2D eigenvalue weighted by molar-refractivity contribution is 5.96. The van der Waals surface area contributed by atoms with Crippen LogP contribution in [0.15, 0.2) is 54.6 Å². The predicted octanol–water partition coefficient (Wildman–Crippen LogP) is 3.22. The first-order valence-corrected chi connectivity index (χ1v) is 8.12. The van der Waals surface area contributed by atoms with Crippen LogP contribution in [0.2, 0.25) is 0 Å². The number of nitrogens with zero attached hydrogens (tertiary/aromatic N) is 1. The molecule has 0 saturated carbocycles. The minimum atomic E-state index is -0.137. The summed E-state index contributed by atoms with van der Waals surface area (Å²) in [5, 5.41) is 5.86. The van der Waals surface area contributed by atoms with Crippen molar-refractivity contribution in [3.63, 3.8) is 0 Å². The molecule has 2 N–H and O–H groups in total. The molecule has 2 rings (SSSR count). The van der Waals surface area contributed by atoms with Crippen molar-refractivity contribution in [2.75, 3.05) is 30.3 Å². The largest absolute Gasteiger partial charge is 0.376 e. The van der Waals surface area contributed by atoms with Crippen LogP contribution in [0, 0.1) is 0 Å². The minimum absolute atomic E-state index is 0.00242. The Morgan fingerprint density at radius 2 is 1.58 bits per heavy atom. The normalized spacial score (nSPS) is 10.1. The van der Waals surface area contributed by atoms with Gasteiger partial charge in [0.05, 0.1) is 6.54 Å². The molecule has 2 aromatic rings. The number of carbonyl (C=O) groups excluding carboxylic acids is 2. The highest BCUT2D eigenvalue weighted by Crippen LogP contribution is 2.13. The molecular formula is C19H23N3O2. The van der Waals surface area contributed by atoms with Gasteiger partial charge in [-0.15, -0.1) is 0 Å². The van der Waals surface area contributed by atoms with Gasteiger partial charge >= 0.3 is 0 Å². The van der Waals surface area contributed by atoms with Crippen LogP contribution in [0.3, 0.4) is 0 Å². The number of benzene rings is 2. The van der Waals surface area contributed by atoms with E-state index in [2.05, 4.69) is 10.6 Å². The second-order valence-corrected chi connectivity index (χ2v) is 5.33. The first kappa shape index (κ1) is 17.5. The van der Waals surface area contributed by atoms with E-state index in [1.165, 1.54) is 0 Å². The third kappa shape index (κ3) is 4.84. The van der Waals surface area contributed by atoms with E-state index in [-0.39, 0.29) is 18.4 Å². The van der Waals surface area contributed by atoms with E-state index in [9.17, 15) is 9.59 Å². The first-order valence-electron chi connectivity index (χ1n) is 8.12. The summed E-state index contributed by atoms with van der Waals surface area (Å²) in [4.78, 5) is 26.1. The van der Waals surface area contributed by atoms with Crippen molar-refractivity contribution in [2.24, 2.45) is 0 Å². The van der Waals surface area contributed by atoms with Crippen LogP contribution < -0.4 is 10.6 Å². The predicted molar refractivity (Wildman–Crippen MR) is 97.3 cm³/mol. The van der Waals surface area contributed by atoms with Crippen LogP contribution in [0.4, 0.5) is 11.4 Å². The molecule has 24 heavy (non-hydrogen) atoms. The zero-order valence-corrected chi connectivity index (χ0v) is 14.1. The van der Waals surface area contributed by atoms with Crippen molar-refractivity contribution < 1.29 is 9.59 Å². The molecule has 0 radical (unpaired) electrons. The molecule has 0 saturated heterocycles. The van der Waals surface area contributed by atoms with Gasteiger partial charge in [0, 0.05) is 30.0 Å². The van der Waals surface area contributed by atoms with Gasteiger partial charge in [0.25, 0.3) is 5.91 Å². The summed E-state index contributed by atoms with van der Waals surface area (Å²) >= 11 is 0. The Hall–Kier alpha value is -2.82. The van der Waals surface area contributed by atoms with Gasteiger partial charge in [-0.25, -0.2) is 0 Å². The maximum absolute atomic E-state index is 12.4. The van der Waals surface area contributed by atoms with Gasteiger partial charge in [0.15, 0.2) is 0 Å². The smallest absolute Gasteiger partial charge is 0.253 e. The van der Waals surface area contributed by atoms with Crippen LogP contribution in [0.1, 0.15) is 24.2 Å². The maximum atomic E-state index is 12.4. The first-order chi connectivity index (χ1) is 11.6. The van der Waals surface area contributed by atoms with Crippen molar-refractivity contribution >= 4 is 23.2 Å². The van der Waals surface area contributed by atoms with Crippen LogP contribution in [-0.4, -0.2) is 36.3 Å². The highest BCUT2D eigenvalue weighted by Gasteiger charge is 2.12. The Bertz CT molecular complexity index is 682. The highest BCUT2D eigenvalue weighted by atomic mass is 16.2. The Balaban J connectivity index is 1.94. The molecule has 2 amide bonds. The average Bonchev–Trinajstić information content (AvgIpc) is 2.62. The van der Waals surface area contributed by atoms with Gasteiger partial charge in [-0.1, -0.05) is 24.3 Å². The van der Waals surface area contributed by atoms with Crippen molar-refractivity contribution in [3.05, 3.63) is 60.2 Å². The third-order valence-corrected chi connectivity index (χ3v) is 3.67. The summed E-state index contributed by atoms with van der Waals surface area (Å²) in [6.45, 7) is 5.39. The summed E-state index contributed by atoms with van der Waals surface area (Å²) < 4.78 is 0. The fourth-order valence-electron chi connectivity index (χ4n) is 2.36. The van der Waals surface area contributed by atoms with Crippen molar-refractivity contribution in [2.45, 2.75) is 13.8 Å². The Morgan fingerprint density at radius 1 is 0.917 bits per heavy atom. The van der Waals surface area contributed by atoms with E-state index in [4.69, 9.17) is 0 Å². The SMILES string of the molecule is CCN(CC)C(=O)c1cccc(NCC(=O)Nc2ccccc2)c1. The van der Waals surface area contributed by atoms with Gasteiger partial charge in [-0.2, -0.15) is 0 Å². The van der Waals surface area contributed by atoms with E-state index in [1.54, 1.807) is 17.0 Å². The van der Waals surface area contributed by atoms with Gasteiger partial charge in [-0.3, -0.25) is 9.59 Å². The van der Waals surface area contributed by atoms with Crippen molar-refractivity contribution in [3.8, 4) is 0 Å². The molecule has 5 nitrogen and oxygen atoms in total. The molecule has 126 valence electrons. The Labute approximate surface area is 142 Å². The number of rotatable bonds is 7. The van der Waals surface area contributed by atoms with Crippen molar-refractivity contribution in [1.29, 1.82) is 0 Å². The fourth-order valence-corrected chi connectivity index (χ4v) is 2.36. The molecule has 5 heteroatoms. The topological polar surface area (TPSA) is 61.4 Å². The maximum Gasteiger partial charge on any atom is 0.253 e. The zero-order valence-electron chi connectivity index (χ0n) is 14.1. The molecule has 0 unspecified atom stereocenters. The number of nitrogens with one attached hydrogen (secondary N) is 2. The fraction of sp³-hybridized carbons (Fsp3) is 0.263. The molecule has 0 aliphatic carbocycles. The monoisotopic (exact) mass is 325 g/mol. The van der Waals surface area contributed by atoms with Gasteiger partial charge in [0.1, 0.15) is 0 Å². The van der Waals surface area contributed by atoms with Gasteiger partial charge in [-0.05, 0) is 44.2 Å². The number of hydrogen-bond donors (Lipinski definition) is 2. The lowest BCUT2D eigenvalue weighted by Gasteiger charge is -2.19. The third-order valence-electron chi connectivity index (χ3n) is 3.67. The lowest BCUT2D eigenvalue weighted by Crippen LogP contribution is -2.30. The lowest BCUT2D eigenvalue weighted by molar-refractivity contribution is -0.114. The number of anilines is 2. The standard InChI is InChI=1S/C19H23N3O2/c1-3-22(4-2)19(24)15-9-8-12-17(13-15)20-14-18(23)21-16-10-6-5-7-11-16/h5-13,20H,3-4,14H2,1-2H3,(H,21,23). The van der Waals surface area contributed by atoms with E-state index < -0.39 is 0 Å². The molecule has 0 aliphatic rings. The molecule has 0 fully saturated rings. The average molecular weight is 325 g/mol. The second kappa shape index (κ2) is 8.72. The summed E-state index contributed by atoms with van der Waals surface area (Å²) in [7, 11) is 0. The van der Waals surface area contributed by atoms with E-state index in [0.29, 0.717) is 18.7 Å². The minimum Gasteiger partial charge on any atom is -0.376 e. The van der Waals surface area contributed by atoms with E-state index >= 15 is 0 Å². The van der Waals surface area contributed by atoms with Crippen LogP contribution in [0.5, 0.6) is 0 Å². The zero-order chi connectivity index (χ0) is 17.4. The lowest BCUT2D eigenvalue weighted by atomic mass is 10.1. The summed E-state index contributed by atoms with van der Waals surface area (Å²) in [5.74, 6) is -0.140. The van der Waals surface area contributed by atoms with Crippen molar-refractivity contribution in [1.82, 2.24) is 4.90 Å². The molecule has 0 atom stereocenters. The Morgan fingerprint density at radius 3 is 2.25 bits per heavy atom. The summed E-state index contributed by atoms with van der Waals surface area (Å²) in [5.41, 5.74) is 2.12.